The van der Waals surface area contributed by atoms with Gasteiger partial charge in [-0.15, -0.1) is 11.3 Å². The molecule has 0 unspecified atom stereocenters. The van der Waals surface area contributed by atoms with Crippen molar-refractivity contribution in [3.63, 3.8) is 0 Å². The molecule has 2 aromatic rings. The van der Waals surface area contributed by atoms with E-state index in [1.165, 1.54) is 22.2 Å². The second kappa shape index (κ2) is 8.13. The van der Waals surface area contributed by atoms with Gasteiger partial charge in [-0.05, 0) is 51.0 Å². The molecule has 0 saturated carbocycles. The fourth-order valence-corrected chi connectivity index (χ4v) is 5.80. The van der Waals surface area contributed by atoms with Gasteiger partial charge < -0.3 is 5.32 Å². The molecule has 0 aliphatic heterocycles. The van der Waals surface area contributed by atoms with Gasteiger partial charge in [-0.25, -0.2) is 4.98 Å². The molecule has 0 saturated heterocycles. The molecule has 2 heterocycles. The molecular formula is C19H27N3O2S2. The van der Waals surface area contributed by atoms with E-state index in [1.807, 2.05) is 20.8 Å². The first-order valence-corrected chi connectivity index (χ1v) is 11.1. The lowest BCUT2D eigenvalue weighted by Gasteiger charge is -2.18. The molecule has 0 bridgehead atoms. The van der Waals surface area contributed by atoms with Crippen LogP contribution in [0.2, 0.25) is 0 Å². The van der Waals surface area contributed by atoms with E-state index >= 15 is 0 Å². The standard InChI is InChI=1S/C19H27N3O2S2/c1-5-9-20-16(23)12(4)25-19-21-17-15(18(24)22(19)6-2)13-8-7-11(3)10-14(13)26-17/h11-12H,5-10H2,1-4H3,(H,20,23)/t11-,12-/m0/s1. The molecule has 1 aliphatic carbocycles. The van der Waals surface area contributed by atoms with E-state index in [-0.39, 0.29) is 16.7 Å². The zero-order valence-corrected chi connectivity index (χ0v) is 17.6. The quantitative estimate of drug-likeness (QED) is 0.601. The van der Waals surface area contributed by atoms with E-state index in [0.717, 1.165) is 35.9 Å². The van der Waals surface area contributed by atoms with Crippen LogP contribution in [-0.4, -0.2) is 27.3 Å². The van der Waals surface area contributed by atoms with Crippen LogP contribution in [0.3, 0.4) is 0 Å². The Kier molecular flexibility index (Phi) is 6.07. The van der Waals surface area contributed by atoms with Crippen LogP contribution < -0.4 is 10.9 Å². The number of nitrogens with zero attached hydrogens (tertiary/aromatic N) is 2. The number of thioether (sulfide) groups is 1. The van der Waals surface area contributed by atoms with Gasteiger partial charge in [0.1, 0.15) is 4.83 Å². The monoisotopic (exact) mass is 393 g/mol. The highest BCUT2D eigenvalue weighted by Gasteiger charge is 2.25. The first kappa shape index (κ1) is 19.4. The van der Waals surface area contributed by atoms with Gasteiger partial charge in [-0.1, -0.05) is 25.6 Å². The van der Waals surface area contributed by atoms with Gasteiger partial charge in [0, 0.05) is 18.0 Å². The van der Waals surface area contributed by atoms with Crippen molar-refractivity contribution in [2.75, 3.05) is 6.54 Å². The summed E-state index contributed by atoms with van der Waals surface area (Å²) < 4.78 is 1.72. The third-order valence-electron chi connectivity index (χ3n) is 4.90. The van der Waals surface area contributed by atoms with Crippen molar-refractivity contribution < 1.29 is 4.79 Å². The Balaban J connectivity index is 1.98. The predicted molar refractivity (Wildman–Crippen MR) is 109 cm³/mol. The van der Waals surface area contributed by atoms with E-state index in [2.05, 4.69) is 12.2 Å². The van der Waals surface area contributed by atoms with Gasteiger partial charge in [0.05, 0.1) is 10.6 Å². The highest BCUT2D eigenvalue weighted by molar-refractivity contribution is 8.00. The lowest BCUT2D eigenvalue weighted by Crippen LogP contribution is -2.32. The zero-order valence-electron chi connectivity index (χ0n) is 15.9. The molecule has 7 heteroatoms. The third-order valence-corrected chi connectivity index (χ3v) is 7.14. The molecule has 26 heavy (non-hydrogen) atoms. The average Bonchev–Trinajstić information content (AvgIpc) is 2.97. The molecule has 0 radical (unpaired) electrons. The minimum Gasteiger partial charge on any atom is -0.355 e. The zero-order chi connectivity index (χ0) is 18.8. The number of carbonyl (C=O) groups is 1. The summed E-state index contributed by atoms with van der Waals surface area (Å²) in [5, 5.41) is 4.09. The Hall–Kier alpha value is -1.34. The van der Waals surface area contributed by atoms with Crippen LogP contribution in [0.4, 0.5) is 0 Å². The number of amides is 1. The maximum Gasteiger partial charge on any atom is 0.263 e. The van der Waals surface area contributed by atoms with Crippen molar-refractivity contribution in [2.45, 2.75) is 70.3 Å². The number of carbonyl (C=O) groups excluding carboxylic acids is 1. The molecule has 0 aromatic carbocycles. The molecule has 2 aromatic heterocycles. The highest BCUT2D eigenvalue weighted by atomic mass is 32.2. The molecule has 0 spiro atoms. The first-order chi connectivity index (χ1) is 12.5. The van der Waals surface area contributed by atoms with Crippen LogP contribution in [0.25, 0.3) is 10.2 Å². The lowest BCUT2D eigenvalue weighted by molar-refractivity contribution is -0.120. The lowest BCUT2D eigenvalue weighted by atomic mass is 9.89. The van der Waals surface area contributed by atoms with Crippen molar-refractivity contribution in [3.05, 3.63) is 20.8 Å². The van der Waals surface area contributed by atoms with Crippen molar-refractivity contribution in [1.82, 2.24) is 14.9 Å². The van der Waals surface area contributed by atoms with E-state index in [1.54, 1.807) is 15.9 Å². The Morgan fingerprint density at radius 3 is 2.92 bits per heavy atom. The minimum absolute atomic E-state index is 0.00634. The molecule has 0 fully saturated rings. The molecule has 1 aliphatic rings. The maximum atomic E-state index is 13.1. The summed E-state index contributed by atoms with van der Waals surface area (Å²) in [6.45, 7) is 9.36. The Morgan fingerprint density at radius 2 is 2.23 bits per heavy atom. The summed E-state index contributed by atoms with van der Waals surface area (Å²) in [7, 11) is 0. The normalized spacial score (nSPS) is 17.9. The molecule has 142 valence electrons. The summed E-state index contributed by atoms with van der Waals surface area (Å²) in [4.78, 5) is 32.3. The van der Waals surface area contributed by atoms with Crippen LogP contribution in [-0.2, 0) is 24.2 Å². The minimum atomic E-state index is -0.279. The number of thiophene rings is 1. The largest absolute Gasteiger partial charge is 0.355 e. The van der Waals surface area contributed by atoms with Gasteiger partial charge in [0.15, 0.2) is 5.16 Å². The summed E-state index contributed by atoms with van der Waals surface area (Å²) in [5.74, 6) is 0.660. The Bertz CT molecular complexity index is 872. The predicted octanol–water partition coefficient (Wildman–Crippen LogP) is 3.61. The summed E-state index contributed by atoms with van der Waals surface area (Å²) in [5.41, 5.74) is 1.27. The maximum absolute atomic E-state index is 13.1. The van der Waals surface area contributed by atoms with Gasteiger partial charge in [0.25, 0.3) is 5.56 Å². The van der Waals surface area contributed by atoms with Crippen LogP contribution >= 0.6 is 23.1 Å². The number of hydrogen-bond donors (Lipinski definition) is 1. The van der Waals surface area contributed by atoms with Crippen molar-refractivity contribution in [3.8, 4) is 0 Å². The van der Waals surface area contributed by atoms with E-state index < -0.39 is 0 Å². The molecular weight excluding hydrogens is 366 g/mol. The number of nitrogens with one attached hydrogen (secondary N) is 1. The molecule has 1 amide bonds. The van der Waals surface area contributed by atoms with Gasteiger partial charge >= 0.3 is 0 Å². The second-order valence-electron chi connectivity index (χ2n) is 7.03. The van der Waals surface area contributed by atoms with Crippen LogP contribution in [0.15, 0.2) is 9.95 Å². The number of hydrogen-bond acceptors (Lipinski definition) is 5. The van der Waals surface area contributed by atoms with Crippen molar-refractivity contribution in [1.29, 1.82) is 0 Å². The molecule has 2 atom stereocenters. The van der Waals surface area contributed by atoms with Crippen molar-refractivity contribution in [2.24, 2.45) is 5.92 Å². The van der Waals surface area contributed by atoms with Crippen LogP contribution in [0.1, 0.15) is 51.0 Å². The van der Waals surface area contributed by atoms with Crippen LogP contribution in [0.5, 0.6) is 0 Å². The average molecular weight is 394 g/mol. The topological polar surface area (TPSA) is 64.0 Å². The summed E-state index contributed by atoms with van der Waals surface area (Å²) in [6.07, 6.45) is 4.06. The van der Waals surface area contributed by atoms with Gasteiger partial charge in [-0.3, -0.25) is 14.2 Å². The third kappa shape index (κ3) is 3.69. The SMILES string of the molecule is CCCNC(=O)[C@H](C)Sc1nc2sc3c(c2c(=O)n1CC)CC[C@H](C)C3. The van der Waals surface area contributed by atoms with E-state index in [0.29, 0.717) is 24.2 Å². The smallest absolute Gasteiger partial charge is 0.263 e. The number of fused-ring (bicyclic) bond motifs is 3. The first-order valence-electron chi connectivity index (χ1n) is 9.45. The highest BCUT2D eigenvalue weighted by Crippen LogP contribution is 2.36. The van der Waals surface area contributed by atoms with E-state index in [4.69, 9.17) is 4.98 Å². The number of aryl methyl sites for hydroxylation is 1. The molecule has 5 nitrogen and oxygen atoms in total. The number of aromatic nitrogens is 2. The second-order valence-corrected chi connectivity index (χ2v) is 9.42. The molecule has 3 rings (SSSR count). The Labute approximate surface area is 162 Å². The fraction of sp³-hybridized carbons (Fsp3) is 0.632. The van der Waals surface area contributed by atoms with Gasteiger partial charge in [0.2, 0.25) is 5.91 Å². The summed E-state index contributed by atoms with van der Waals surface area (Å²) >= 11 is 3.04. The number of rotatable bonds is 6. The summed E-state index contributed by atoms with van der Waals surface area (Å²) in [6, 6.07) is 0. The van der Waals surface area contributed by atoms with Crippen molar-refractivity contribution >= 4 is 39.2 Å². The van der Waals surface area contributed by atoms with Gasteiger partial charge in [-0.2, -0.15) is 0 Å². The Morgan fingerprint density at radius 1 is 1.46 bits per heavy atom. The van der Waals surface area contributed by atoms with Crippen LogP contribution in [0, 0.1) is 5.92 Å². The van der Waals surface area contributed by atoms with E-state index in [9.17, 15) is 9.59 Å². The fourth-order valence-electron chi connectivity index (χ4n) is 3.38. The molecule has 1 N–H and O–H groups in total.